The number of aromatic nitrogens is 3. The van der Waals surface area contributed by atoms with Gasteiger partial charge in [0, 0.05) is 12.6 Å². The Kier molecular flexibility index (Phi) is 10.7. The van der Waals surface area contributed by atoms with E-state index in [-0.39, 0.29) is 41.1 Å². The fourth-order valence-corrected chi connectivity index (χ4v) is 5.42. The fraction of sp³-hybridized carbons (Fsp3) is 0.385. The Labute approximate surface area is 239 Å². The van der Waals surface area contributed by atoms with Gasteiger partial charge in [-0.25, -0.2) is 9.59 Å². The number of amides is 2. The summed E-state index contributed by atoms with van der Waals surface area (Å²) in [5, 5.41) is 13.8. The molecule has 14 heteroatoms. The van der Waals surface area contributed by atoms with Crippen LogP contribution in [0.2, 0.25) is 0 Å². The van der Waals surface area contributed by atoms with Gasteiger partial charge in [-0.15, -0.1) is 21.5 Å². The van der Waals surface area contributed by atoms with E-state index in [9.17, 15) is 19.2 Å². The molecule has 214 valence electrons. The maximum Gasteiger partial charge on any atom is 0.348 e. The number of methoxy groups -OCH3 is 1. The fourth-order valence-electron chi connectivity index (χ4n) is 3.49. The third kappa shape index (κ3) is 7.18. The molecule has 3 rings (SSSR count). The van der Waals surface area contributed by atoms with Crippen molar-refractivity contribution in [2.75, 3.05) is 25.6 Å². The van der Waals surface area contributed by atoms with E-state index in [2.05, 4.69) is 20.8 Å². The van der Waals surface area contributed by atoms with Gasteiger partial charge in [-0.1, -0.05) is 17.8 Å². The van der Waals surface area contributed by atoms with E-state index < -0.39 is 23.1 Å². The first-order valence-electron chi connectivity index (χ1n) is 12.4. The predicted molar refractivity (Wildman–Crippen MR) is 150 cm³/mol. The SMILES string of the molecule is CCOC(=O)c1sc(NC(=O)[C@@H](C)Sc2nnc(CNC(=O)c3cccc(OC)c3)n2C)c(C(=O)OCC)c1C. The molecule has 0 aliphatic carbocycles. The molecule has 2 N–H and O–H groups in total. The Morgan fingerprint density at radius 2 is 1.80 bits per heavy atom. The molecule has 12 nitrogen and oxygen atoms in total. The average molecular weight is 590 g/mol. The normalized spacial score (nSPS) is 11.4. The van der Waals surface area contributed by atoms with Gasteiger partial charge >= 0.3 is 11.9 Å². The van der Waals surface area contributed by atoms with Crippen molar-refractivity contribution in [3.8, 4) is 5.75 Å². The van der Waals surface area contributed by atoms with Crippen molar-refractivity contribution >= 4 is 51.9 Å². The second kappa shape index (κ2) is 13.9. The maximum atomic E-state index is 13.1. The van der Waals surface area contributed by atoms with Crippen molar-refractivity contribution in [1.82, 2.24) is 20.1 Å². The van der Waals surface area contributed by atoms with E-state index in [0.29, 0.717) is 27.9 Å². The quantitative estimate of drug-likeness (QED) is 0.237. The highest BCUT2D eigenvalue weighted by molar-refractivity contribution is 8.00. The zero-order chi connectivity index (χ0) is 29.4. The molecular weight excluding hydrogens is 558 g/mol. The van der Waals surface area contributed by atoms with Crippen LogP contribution in [0.5, 0.6) is 5.75 Å². The molecular formula is C26H31N5O7S2. The van der Waals surface area contributed by atoms with Crippen LogP contribution in [-0.2, 0) is 27.9 Å². The number of hydrogen-bond acceptors (Lipinski definition) is 11. The summed E-state index contributed by atoms with van der Waals surface area (Å²) >= 11 is 2.11. The zero-order valence-electron chi connectivity index (χ0n) is 23.0. The number of thiophene rings is 1. The lowest BCUT2D eigenvalue weighted by molar-refractivity contribution is -0.115. The Hall–Kier alpha value is -3.91. The first-order chi connectivity index (χ1) is 19.1. The summed E-state index contributed by atoms with van der Waals surface area (Å²) in [6.07, 6.45) is 0. The van der Waals surface area contributed by atoms with E-state index in [0.717, 1.165) is 23.1 Å². The molecule has 0 fully saturated rings. The highest BCUT2D eigenvalue weighted by Crippen LogP contribution is 2.35. The second-order valence-corrected chi connectivity index (χ2v) is 10.7. The number of carbonyl (C=O) groups is 4. The monoisotopic (exact) mass is 589 g/mol. The number of rotatable bonds is 12. The van der Waals surface area contributed by atoms with Crippen molar-refractivity contribution in [3.63, 3.8) is 0 Å². The van der Waals surface area contributed by atoms with Gasteiger partial charge in [0.25, 0.3) is 5.91 Å². The van der Waals surface area contributed by atoms with E-state index in [1.165, 1.54) is 7.11 Å². The molecule has 0 spiro atoms. The smallest absolute Gasteiger partial charge is 0.348 e. The minimum Gasteiger partial charge on any atom is -0.497 e. The third-order valence-corrected chi connectivity index (χ3v) is 7.96. The van der Waals surface area contributed by atoms with Crippen LogP contribution in [0.3, 0.4) is 0 Å². The van der Waals surface area contributed by atoms with Crippen molar-refractivity contribution < 1.29 is 33.4 Å². The van der Waals surface area contributed by atoms with E-state index in [1.54, 1.807) is 63.6 Å². The summed E-state index contributed by atoms with van der Waals surface area (Å²) in [4.78, 5) is 50.8. The molecule has 2 aromatic heterocycles. The summed E-state index contributed by atoms with van der Waals surface area (Å²) in [5.41, 5.74) is 0.943. The van der Waals surface area contributed by atoms with Crippen LogP contribution in [0.4, 0.5) is 5.00 Å². The third-order valence-electron chi connectivity index (χ3n) is 5.64. The van der Waals surface area contributed by atoms with E-state index >= 15 is 0 Å². The summed E-state index contributed by atoms with van der Waals surface area (Å²) in [5.74, 6) is -0.872. The van der Waals surface area contributed by atoms with Crippen LogP contribution >= 0.6 is 23.1 Å². The van der Waals surface area contributed by atoms with Gasteiger partial charge < -0.3 is 29.4 Å². The number of nitrogens with zero attached hydrogens (tertiary/aromatic N) is 3. The Balaban J connectivity index is 1.69. The lowest BCUT2D eigenvalue weighted by atomic mass is 10.1. The molecule has 2 heterocycles. The van der Waals surface area contributed by atoms with Gasteiger partial charge in [-0.2, -0.15) is 0 Å². The minimum absolute atomic E-state index is 0.119. The predicted octanol–water partition coefficient (Wildman–Crippen LogP) is 3.60. The van der Waals surface area contributed by atoms with Crippen molar-refractivity contribution in [2.45, 2.75) is 44.6 Å². The summed E-state index contributed by atoms with van der Waals surface area (Å²) in [6.45, 7) is 7.06. The number of nitrogens with one attached hydrogen (secondary N) is 2. The molecule has 2 amide bonds. The standard InChI is InChI=1S/C26H31N5O7S2/c1-7-37-24(34)19-14(3)20(25(35)38-8-2)40-23(19)28-21(32)15(4)39-26-30-29-18(31(26)5)13-27-22(33)16-10-9-11-17(12-16)36-6/h9-12,15H,7-8,13H2,1-6H3,(H,27,33)(H,28,32)/t15-/m1/s1. The van der Waals surface area contributed by atoms with Crippen LogP contribution in [0.25, 0.3) is 0 Å². The number of esters is 2. The highest BCUT2D eigenvalue weighted by Gasteiger charge is 2.29. The number of anilines is 1. The first-order valence-corrected chi connectivity index (χ1v) is 14.1. The Bertz CT molecular complexity index is 1400. The summed E-state index contributed by atoms with van der Waals surface area (Å²) in [6, 6.07) is 6.78. The molecule has 0 bridgehead atoms. The largest absolute Gasteiger partial charge is 0.497 e. The molecule has 1 aromatic carbocycles. The van der Waals surface area contributed by atoms with Crippen LogP contribution in [0, 0.1) is 6.92 Å². The number of hydrogen-bond donors (Lipinski definition) is 2. The average Bonchev–Trinajstić information content (AvgIpc) is 3.45. The molecule has 0 saturated heterocycles. The number of thioether (sulfide) groups is 1. The Morgan fingerprint density at radius 3 is 2.48 bits per heavy atom. The van der Waals surface area contributed by atoms with Gasteiger partial charge in [-0.05, 0) is 51.5 Å². The van der Waals surface area contributed by atoms with Crippen molar-refractivity contribution in [3.05, 3.63) is 51.7 Å². The molecule has 0 aliphatic rings. The van der Waals surface area contributed by atoms with Crippen LogP contribution in [-0.4, -0.2) is 64.1 Å². The lowest BCUT2D eigenvalue weighted by Crippen LogP contribution is -2.25. The van der Waals surface area contributed by atoms with Gasteiger partial charge in [0.1, 0.15) is 15.6 Å². The topological polar surface area (TPSA) is 151 Å². The van der Waals surface area contributed by atoms with Crippen LogP contribution in [0.1, 0.15) is 62.5 Å². The maximum absolute atomic E-state index is 13.1. The van der Waals surface area contributed by atoms with E-state index in [1.807, 2.05) is 0 Å². The number of carbonyl (C=O) groups excluding carboxylic acids is 4. The molecule has 0 saturated carbocycles. The first kappa shape index (κ1) is 30.6. The highest BCUT2D eigenvalue weighted by atomic mass is 32.2. The summed E-state index contributed by atoms with van der Waals surface area (Å²) < 4.78 is 17.1. The molecule has 3 aromatic rings. The second-order valence-electron chi connectivity index (χ2n) is 8.32. The number of ether oxygens (including phenoxy) is 3. The van der Waals surface area contributed by atoms with Gasteiger partial charge in [0.15, 0.2) is 11.0 Å². The van der Waals surface area contributed by atoms with Gasteiger partial charge in [0.05, 0.1) is 37.7 Å². The van der Waals surface area contributed by atoms with Gasteiger partial charge in [-0.3, -0.25) is 9.59 Å². The lowest BCUT2D eigenvalue weighted by Gasteiger charge is -2.12. The molecule has 40 heavy (non-hydrogen) atoms. The summed E-state index contributed by atoms with van der Waals surface area (Å²) in [7, 11) is 3.26. The molecule has 0 unspecified atom stereocenters. The van der Waals surface area contributed by atoms with Crippen molar-refractivity contribution in [2.24, 2.45) is 7.05 Å². The zero-order valence-corrected chi connectivity index (χ0v) is 24.7. The van der Waals surface area contributed by atoms with Crippen LogP contribution in [0.15, 0.2) is 29.4 Å². The Morgan fingerprint density at radius 1 is 1.10 bits per heavy atom. The van der Waals surface area contributed by atoms with Gasteiger partial charge in [0.2, 0.25) is 5.91 Å². The molecule has 0 aliphatic heterocycles. The minimum atomic E-state index is -0.648. The number of benzene rings is 1. The molecule has 0 radical (unpaired) electrons. The van der Waals surface area contributed by atoms with Crippen LogP contribution < -0.4 is 15.4 Å². The molecule has 1 atom stereocenters. The van der Waals surface area contributed by atoms with E-state index in [4.69, 9.17) is 14.2 Å². The van der Waals surface area contributed by atoms with Crippen molar-refractivity contribution in [1.29, 1.82) is 0 Å².